The standard InChI is InChI=1S/C21H22N6O3/c1-16(28)20-5-6-27(24-20)21(29)26-9-7-25(8-10-26)14-17-3-2-4-18(11-17)30-19-12-22-15-23-13-19/h2-6,11-13,15H,7-10,14H2,1H3. The van der Waals surface area contributed by atoms with Gasteiger partial charge in [-0.1, -0.05) is 12.1 Å². The Bertz CT molecular complexity index is 1030. The summed E-state index contributed by atoms with van der Waals surface area (Å²) in [6.45, 7) is 4.91. The lowest BCUT2D eigenvalue weighted by Crippen LogP contribution is -2.49. The van der Waals surface area contributed by atoms with E-state index in [2.05, 4.69) is 26.0 Å². The molecule has 0 bridgehead atoms. The first kappa shape index (κ1) is 19.7. The van der Waals surface area contributed by atoms with E-state index >= 15 is 0 Å². The van der Waals surface area contributed by atoms with Crippen molar-refractivity contribution < 1.29 is 14.3 Å². The molecular formula is C21H22N6O3. The summed E-state index contributed by atoms with van der Waals surface area (Å²) in [6, 6.07) is 9.26. The van der Waals surface area contributed by atoms with Crippen molar-refractivity contribution in [3.63, 3.8) is 0 Å². The van der Waals surface area contributed by atoms with Gasteiger partial charge in [0, 0.05) is 45.8 Å². The van der Waals surface area contributed by atoms with E-state index in [9.17, 15) is 9.59 Å². The van der Waals surface area contributed by atoms with Gasteiger partial charge >= 0.3 is 6.03 Å². The van der Waals surface area contributed by atoms with Gasteiger partial charge in [0.25, 0.3) is 0 Å². The van der Waals surface area contributed by atoms with Gasteiger partial charge in [-0.3, -0.25) is 9.69 Å². The normalized spacial score (nSPS) is 14.5. The Balaban J connectivity index is 1.32. The first-order chi connectivity index (χ1) is 14.6. The summed E-state index contributed by atoms with van der Waals surface area (Å²) in [5.41, 5.74) is 1.42. The molecule has 1 aliphatic heterocycles. The van der Waals surface area contributed by atoms with Crippen LogP contribution in [-0.2, 0) is 6.54 Å². The van der Waals surface area contributed by atoms with E-state index in [1.807, 2.05) is 18.2 Å². The number of hydrogen-bond donors (Lipinski definition) is 0. The van der Waals surface area contributed by atoms with E-state index < -0.39 is 0 Å². The molecular weight excluding hydrogens is 384 g/mol. The second-order valence-corrected chi connectivity index (χ2v) is 7.07. The van der Waals surface area contributed by atoms with Gasteiger partial charge < -0.3 is 9.64 Å². The third kappa shape index (κ3) is 4.69. The summed E-state index contributed by atoms with van der Waals surface area (Å²) in [7, 11) is 0. The number of ketones is 1. The molecule has 9 heteroatoms. The molecule has 2 aromatic heterocycles. The smallest absolute Gasteiger partial charge is 0.344 e. The lowest BCUT2D eigenvalue weighted by atomic mass is 10.2. The summed E-state index contributed by atoms with van der Waals surface area (Å²) in [5, 5.41) is 4.06. The Hall–Kier alpha value is -3.59. The second-order valence-electron chi connectivity index (χ2n) is 7.07. The number of benzene rings is 1. The minimum absolute atomic E-state index is 0.155. The van der Waals surface area contributed by atoms with Crippen molar-refractivity contribution in [2.45, 2.75) is 13.5 Å². The van der Waals surface area contributed by atoms with Crippen molar-refractivity contribution in [2.75, 3.05) is 26.2 Å². The molecule has 30 heavy (non-hydrogen) atoms. The lowest BCUT2D eigenvalue weighted by molar-refractivity contribution is 0.101. The molecule has 4 rings (SSSR count). The van der Waals surface area contributed by atoms with E-state index in [1.54, 1.807) is 23.4 Å². The zero-order valence-corrected chi connectivity index (χ0v) is 16.6. The number of Topliss-reactive ketones (excluding diaryl/α,β-unsaturated/α-hetero) is 1. The van der Waals surface area contributed by atoms with Crippen molar-refractivity contribution >= 4 is 11.8 Å². The molecule has 1 aromatic carbocycles. The zero-order valence-electron chi connectivity index (χ0n) is 16.6. The molecule has 0 saturated carbocycles. The second kappa shape index (κ2) is 8.83. The number of rotatable bonds is 5. The Labute approximate surface area is 173 Å². The Morgan fingerprint density at radius 3 is 2.50 bits per heavy atom. The summed E-state index contributed by atoms with van der Waals surface area (Å²) < 4.78 is 7.03. The van der Waals surface area contributed by atoms with Gasteiger partial charge in [0.05, 0.1) is 12.4 Å². The molecule has 0 spiro atoms. The predicted molar refractivity (Wildman–Crippen MR) is 108 cm³/mol. The van der Waals surface area contributed by atoms with Gasteiger partial charge in [0.2, 0.25) is 0 Å². The van der Waals surface area contributed by atoms with Crippen LogP contribution in [0.15, 0.2) is 55.2 Å². The molecule has 1 aliphatic rings. The molecule has 0 aliphatic carbocycles. The van der Waals surface area contributed by atoms with Gasteiger partial charge in [-0.25, -0.2) is 14.8 Å². The zero-order chi connectivity index (χ0) is 20.9. The molecule has 3 heterocycles. The predicted octanol–water partition coefficient (Wildman–Crippen LogP) is 2.45. The highest BCUT2D eigenvalue weighted by Crippen LogP contribution is 2.21. The fourth-order valence-electron chi connectivity index (χ4n) is 3.30. The Morgan fingerprint density at radius 1 is 1.03 bits per heavy atom. The monoisotopic (exact) mass is 406 g/mol. The topological polar surface area (TPSA) is 93.5 Å². The molecule has 0 unspecified atom stereocenters. The third-order valence-electron chi connectivity index (χ3n) is 4.87. The van der Waals surface area contributed by atoms with Crippen LogP contribution in [-0.4, -0.2) is 67.5 Å². The summed E-state index contributed by atoms with van der Waals surface area (Å²) in [6.07, 6.45) is 6.24. The first-order valence-electron chi connectivity index (χ1n) is 9.68. The Kier molecular flexibility index (Phi) is 5.80. The number of ether oxygens (including phenoxy) is 1. The highest BCUT2D eigenvalue weighted by Gasteiger charge is 2.23. The van der Waals surface area contributed by atoms with E-state index in [-0.39, 0.29) is 11.8 Å². The van der Waals surface area contributed by atoms with Crippen molar-refractivity contribution in [2.24, 2.45) is 0 Å². The summed E-state index contributed by atoms with van der Waals surface area (Å²) >= 11 is 0. The van der Waals surface area contributed by atoms with Gasteiger partial charge in [0.1, 0.15) is 17.8 Å². The van der Waals surface area contributed by atoms with Crippen LogP contribution in [0.4, 0.5) is 4.79 Å². The van der Waals surface area contributed by atoms with Crippen molar-refractivity contribution in [3.05, 3.63) is 66.5 Å². The highest BCUT2D eigenvalue weighted by molar-refractivity contribution is 5.92. The van der Waals surface area contributed by atoms with Gasteiger partial charge in [0.15, 0.2) is 11.5 Å². The SMILES string of the molecule is CC(=O)c1ccn(C(=O)N2CCN(Cc3cccc(Oc4cncnc4)c3)CC2)n1. The number of piperazine rings is 1. The van der Waals surface area contributed by atoms with Crippen LogP contribution in [0.1, 0.15) is 23.0 Å². The third-order valence-corrected chi connectivity index (χ3v) is 4.87. The molecule has 0 N–H and O–H groups in total. The van der Waals surface area contributed by atoms with Crippen molar-refractivity contribution in [1.29, 1.82) is 0 Å². The van der Waals surface area contributed by atoms with Crippen LogP contribution in [0.2, 0.25) is 0 Å². The first-order valence-corrected chi connectivity index (χ1v) is 9.68. The van der Waals surface area contributed by atoms with E-state index in [1.165, 1.54) is 24.1 Å². The van der Waals surface area contributed by atoms with Crippen molar-refractivity contribution in [1.82, 2.24) is 29.5 Å². The van der Waals surface area contributed by atoms with Crippen LogP contribution in [0.25, 0.3) is 0 Å². The van der Waals surface area contributed by atoms with Crippen LogP contribution in [0, 0.1) is 0 Å². The minimum atomic E-state index is -0.206. The van der Waals surface area contributed by atoms with Gasteiger partial charge in [-0.15, -0.1) is 0 Å². The molecule has 9 nitrogen and oxygen atoms in total. The van der Waals surface area contributed by atoms with Gasteiger partial charge in [-0.2, -0.15) is 9.78 Å². The quantitative estimate of drug-likeness (QED) is 0.601. The molecule has 154 valence electrons. The molecule has 1 amide bonds. The fourth-order valence-corrected chi connectivity index (χ4v) is 3.30. The summed E-state index contributed by atoms with van der Waals surface area (Å²) in [5.74, 6) is 1.17. The molecule has 1 saturated heterocycles. The number of carbonyl (C=O) groups excluding carboxylic acids is 2. The number of aromatic nitrogens is 4. The molecule has 0 radical (unpaired) electrons. The number of nitrogens with zero attached hydrogens (tertiary/aromatic N) is 6. The molecule has 3 aromatic rings. The van der Waals surface area contributed by atoms with E-state index in [4.69, 9.17) is 4.74 Å². The largest absolute Gasteiger partial charge is 0.454 e. The maximum atomic E-state index is 12.6. The molecule has 1 fully saturated rings. The van der Waals surface area contributed by atoms with Crippen LogP contribution in [0.5, 0.6) is 11.5 Å². The van der Waals surface area contributed by atoms with Crippen LogP contribution >= 0.6 is 0 Å². The number of amides is 1. The number of carbonyl (C=O) groups is 2. The Morgan fingerprint density at radius 2 is 1.80 bits per heavy atom. The summed E-state index contributed by atoms with van der Waals surface area (Å²) in [4.78, 5) is 35.9. The molecule has 0 atom stereocenters. The average Bonchev–Trinajstić information content (AvgIpc) is 3.26. The maximum absolute atomic E-state index is 12.6. The maximum Gasteiger partial charge on any atom is 0.344 e. The van der Waals surface area contributed by atoms with Crippen LogP contribution in [0.3, 0.4) is 0 Å². The van der Waals surface area contributed by atoms with Gasteiger partial charge in [-0.05, 0) is 23.8 Å². The highest BCUT2D eigenvalue weighted by atomic mass is 16.5. The van der Waals surface area contributed by atoms with E-state index in [0.29, 0.717) is 24.5 Å². The van der Waals surface area contributed by atoms with Crippen molar-refractivity contribution in [3.8, 4) is 11.5 Å². The minimum Gasteiger partial charge on any atom is -0.454 e. The number of hydrogen-bond acceptors (Lipinski definition) is 7. The van der Waals surface area contributed by atoms with Crippen LogP contribution < -0.4 is 4.74 Å². The lowest BCUT2D eigenvalue weighted by Gasteiger charge is -2.34. The average molecular weight is 406 g/mol. The van der Waals surface area contributed by atoms with E-state index in [0.717, 1.165) is 30.9 Å². The fraction of sp³-hybridized carbons (Fsp3) is 0.286.